The Labute approximate surface area is 400 Å². The fraction of sp³-hybridized carbons (Fsp3) is 0.818. The maximum absolute atomic E-state index is 11.0. The molecule has 0 aliphatic heterocycles. The number of carboxylic acids is 4. The largest absolute Gasteiger partial charge is 4.00 e. The topological polar surface area (TPSA) is 303 Å². The second-order valence-corrected chi connectivity index (χ2v) is 15.5. The van der Waals surface area contributed by atoms with Gasteiger partial charge in [0.05, 0.1) is 24.4 Å². The van der Waals surface area contributed by atoms with Gasteiger partial charge in [-0.1, -0.05) is 51.4 Å². The van der Waals surface area contributed by atoms with Crippen LogP contribution < -0.4 is 20.4 Å². The third-order valence-corrected chi connectivity index (χ3v) is 7.38. The van der Waals surface area contributed by atoms with Gasteiger partial charge in [0.15, 0.2) is 0 Å². The van der Waals surface area contributed by atoms with Crippen LogP contribution in [0, 0.1) is 0 Å². The van der Waals surface area contributed by atoms with Crippen LogP contribution in [0.15, 0.2) is 0 Å². The van der Waals surface area contributed by atoms with E-state index in [9.17, 15) is 58.8 Å². The summed E-state index contributed by atoms with van der Waals surface area (Å²) in [6, 6.07) is 0. The SMILES string of the molecule is CC(C)OOC(=O)CCCCCCC(=O)[O-].CC(C)OOC(=O)CCCCCCC(=O)[O-].CC(C)OOC(=O)CCCCCCC(=O)[O-].CC(C)OOC(=O)CCCCCCC(=O)[O-].[Ti+4]. The van der Waals surface area contributed by atoms with E-state index in [0.717, 1.165) is 51.4 Å². The van der Waals surface area contributed by atoms with Crippen molar-refractivity contribution in [3.05, 3.63) is 0 Å². The molecule has 0 unspecified atom stereocenters. The van der Waals surface area contributed by atoms with Gasteiger partial charge in [-0.3, -0.25) is 19.6 Å². The minimum absolute atomic E-state index is 0. The molecule has 0 N–H and O–H groups in total. The van der Waals surface area contributed by atoms with Crippen LogP contribution >= 0.6 is 0 Å². The summed E-state index contributed by atoms with van der Waals surface area (Å²) in [6.45, 7) is 14.2. The summed E-state index contributed by atoms with van der Waals surface area (Å²) in [5.41, 5.74) is 0. The van der Waals surface area contributed by atoms with Crippen LogP contribution in [0.3, 0.4) is 0 Å². The zero-order valence-corrected chi connectivity index (χ0v) is 41.5. The summed E-state index contributed by atoms with van der Waals surface area (Å²) in [4.78, 5) is 121. The summed E-state index contributed by atoms with van der Waals surface area (Å²) in [5, 5.41) is 40.3. The van der Waals surface area contributed by atoms with Crippen LogP contribution in [-0.2, 0) is 99.2 Å². The van der Waals surface area contributed by atoms with Crippen molar-refractivity contribution in [3.63, 3.8) is 0 Å². The summed E-state index contributed by atoms with van der Waals surface area (Å²) in [6.07, 6.45) is 12.5. The molecule has 0 aliphatic carbocycles. The van der Waals surface area contributed by atoms with Gasteiger partial charge in [-0.05, 0) is 132 Å². The molecule has 0 atom stereocenters. The minimum Gasteiger partial charge on any atom is -0.550 e. The van der Waals surface area contributed by atoms with Crippen molar-refractivity contribution in [3.8, 4) is 0 Å². The van der Waals surface area contributed by atoms with Crippen molar-refractivity contribution >= 4 is 47.8 Å². The Balaban J connectivity index is -0.000000245. The molecule has 0 amide bonds. The third kappa shape index (κ3) is 74.9. The number of hydrogen-bond donors (Lipinski definition) is 0. The molecule has 0 saturated heterocycles. The van der Waals surface area contributed by atoms with Crippen LogP contribution in [-0.4, -0.2) is 72.2 Å². The van der Waals surface area contributed by atoms with E-state index >= 15 is 0 Å². The van der Waals surface area contributed by atoms with Gasteiger partial charge in [0, 0.05) is 49.6 Å². The number of unbranched alkanes of at least 4 members (excludes halogenated alkanes) is 12. The molecule has 376 valence electrons. The van der Waals surface area contributed by atoms with E-state index in [-0.39, 0.29) is 95.7 Å². The summed E-state index contributed by atoms with van der Waals surface area (Å²) in [7, 11) is 0. The number of carbonyl (C=O) groups excluding carboxylic acids is 8. The van der Waals surface area contributed by atoms with Gasteiger partial charge in [0.2, 0.25) is 0 Å². The van der Waals surface area contributed by atoms with Crippen LogP contribution in [0.5, 0.6) is 0 Å². The second kappa shape index (κ2) is 51.3. The molecule has 65 heavy (non-hydrogen) atoms. The van der Waals surface area contributed by atoms with E-state index in [4.69, 9.17) is 0 Å². The van der Waals surface area contributed by atoms with Crippen molar-refractivity contribution in [1.82, 2.24) is 0 Å². The Hall–Kier alpha value is -3.69. The maximum Gasteiger partial charge on any atom is 4.00 e. The number of carboxylic acid groups (broad SMARTS) is 4. The monoisotopic (exact) mass is 972 g/mol. The van der Waals surface area contributed by atoms with Crippen molar-refractivity contribution in [2.45, 2.75) is 234 Å². The molecule has 0 heterocycles. The Kier molecular flexibility index (Phi) is 55.5. The Morgan fingerprint density at radius 1 is 0.277 bits per heavy atom. The van der Waals surface area contributed by atoms with Crippen LogP contribution in [0.4, 0.5) is 0 Å². The maximum atomic E-state index is 11.0. The first kappa shape index (κ1) is 70.3. The van der Waals surface area contributed by atoms with E-state index in [1.54, 1.807) is 55.4 Å². The number of hydrogen-bond acceptors (Lipinski definition) is 20. The fourth-order valence-corrected chi connectivity index (χ4v) is 4.34. The molecule has 0 aromatic heterocycles. The average Bonchev–Trinajstić information content (AvgIpc) is 3.20. The van der Waals surface area contributed by atoms with Gasteiger partial charge < -0.3 is 39.6 Å². The van der Waals surface area contributed by atoms with E-state index in [1.807, 2.05) is 0 Å². The predicted octanol–water partition coefficient (Wildman–Crippen LogP) is 3.84. The van der Waals surface area contributed by atoms with Crippen molar-refractivity contribution in [1.29, 1.82) is 0 Å². The molecule has 0 radical (unpaired) electrons. The zero-order valence-electron chi connectivity index (χ0n) is 39.9. The van der Waals surface area contributed by atoms with Crippen molar-refractivity contribution in [2.24, 2.45) is 0 Å². The van der Waals surface area contributed by atoms with E-state index in [0.29, 0.717) is 77.0 Å². The van der Waals surface area contributed by atoms with E-state index in [2.05, 4.69) is 39.1 Å². The summed E-state index contributed by atoms with van der Waals surface area (Å²) >= 11 is 0. The predicted molar refractivity (Wildman–Crippen MR) is 220 cm³/mol. The van der Waals surface area contributed by atoms with Crippen molar-refractivity contribution in [2.75, 3.05) is 0 Å². The van der Waals surface area contributed by atoms with Gasteiger partial charge in [-0.15, -0.1) is 0 Å². The number of rotatable bonds is 36. The van der Waals surface area contributed by atoms with Gasteiger partial charge >= 0.3 is 45.6 Å². The molecule has 21 heteroatoms. The molecule has 0 aromatic rings. The smallest absolute Gasteiger partial charge is 0.550 e. The summed E-state index contributed by atoms with van der Waals surface area (Å²) < 4.78 is 0. The summed E-state index contributed by atoms with van der Waals surface area (Å²) in [5.74, 6) is -5.62. The molecule has 0 saturated carbocycles. The van der Waals surface area contributed by atoms with Gasteiger partial charge in [0.25, 0.3) is 0 Å². The average molecular weight is 973 g/mol. The molecule has 0 fully saturated rings. The molecule has 0 spiro atoms. The van der Waals surface area contributed by atoms with Crippen molar-refractivity contribution < 1.29 is 120 Å². The first-order chi connectivity index (χ1) is 30.1. The van der Waals surface area contributed by atoms with Crippen LogP contribution in [0.2, 0.25) is 0 Å². The molecule has 20 nitrogen and oxygen atoms in total. The standard InChI is InChI=1S/4C11H20O5.Ti/c4*1-9(2)15-16-11(14)8-6-4-3-5-7-10(12)13;/h4*9H,3-8H2,1-2H3,(H,12,13);/q;;;;+4/p-4. The first-order valence-electron chi connectivity index (χ1n) is 22.3. The molecular weight excluding hydrogens is 896 g/mol. The van der Waals surface area contributed by atoms with Crippen LogP contribution in [0.25, 0.3) is 0 Å². The Morgan fingerprint density at radius 3 is 0.538 bits per heavy atom. The van der Waals surface area contributed by atoms with Gasteiger partial charge in [0.1, 0.15) is 0 Å². The van der Waals surface area contributed by atoms with Crippen LogP contribution in [0.1, 0.15) is 209 Å². The van der Waals surface area contributed by atoms with E-state index in [1.165, 1.54) is 0 Å². The molecule has 0 aromatic carbocycles. The normalized spacial score (nSPS) is 10.3. The number of aliphatic carboxylic acids is 4. The zero-order chi connectivity index (χ0) is 49.6. The quantitative estimate of drug-likeness (QED) is 0.0373. The number of carbonyl (C=O) groups is 8. The molecular formula is C44H76O20Ti. The Morgan fingerprint density at radius 2 is 0.415 bits per heavy atom. The van der Waals surface area contributed by atoms with Gasteiger partial charge in [-0.2, -0.15) is 19.6 Å². The fourth-order valence-electron chi connectivity index (χ4n) is 4.34. The first-order valence-corrected chi connectivity index (χ1v) is 22.3. The molecule has 0 bridgehead atoms. The molecule has 0 aliphatic rings. The second-order valence-electron chi connectivity index (χ2n) is 15.5. The Bertz CT molecular complexity index is 1040. The van der Waals surface area contributed by atoms with Gasteiger partial charge in [-0.25, -0.2) is 19.2 Å². The van der Waals surface area contributed by atoms with E-state index < -0.39 is 23.9 Å². The minimum atomic E-state index is -1.02. The molecule has 0 rings (SSSR count). The third-order valence-electron chi connectivity index (χ3n) is 7.38.